The average Bonchev–Trinajstić information content (AvgIpc) is 2.91. The van der Waals surface area contributed by atoms with Gasteiger partial charge in [-0.25, -0.2) is 16.8 Å². The molecule has 4 rings (SSSR count). The van der Waals surface area contributed by atoms with Crippen molar-refractivity contribution in [1.29, 1.82) is 0 Å². The van der Waals surface area contributed by atoms with Crippen LogP contribution in [0.5, 0.6) is 0 Å². The Bertz CT molecular complexity index is 993. The van der Waals surface area contributed by atoms with Crippen molar-refractivity contribution in [3.05, 3.63) is 69.1 Å². The Morgan fingerprint density at radius 1 is 0.600 bits per heavy atom. The van der Waals surface area contributed by atoms with Crippen molar-refractivity contribution in [1.82, 2.24) is 0 Å². The first-order valence-corrected chi connectivity index (χ1v) is 9.33. The Balaban J connectivity index is 0.000000173. The van der Waals surface area contributed by atoms with Crippen molar-refractivity contribution in [3.63, 3.8) is 0 Å². The van der Waals surface area contributed by atoms with E-state index in [1.54, 1.807) is 24.3 Å². The van der Waals surface area contributed by atoms with Gasteiger partial charge < -0.3 is 19.0 Å². The molecule has 2 aliphatic rings. The zero-order chi connectivity index (χ0) is 17.5. The van der Waals surface area contributed by atoms with Gasteiger partial charge >= 0.3 is 22.4 Å². The summed E-state index contributed by atoms with van der Waals surface area (Å²) in [6.07, 6.45) is 0. The molecule has 2 heterocycles. The molecule has 0 spiro atoms. The standard InChI is InChI=1S/2C7H5NO3S.Au/c2*9-7-5-3-1-2-4-6(5)12(10,11)8-7;/h2*1-4H,(H,8,9);/q;;+3/p-2. The van der Waals surface area contributed by atoms with Gasteiger partial charge in [-0.3, -0.25) is 0 Å². The van der Waals surface area contributed by atoms with Gasteiger partial charge in [0.25, 0.3) is 0 Å². The number of amides is 2. The number of nitrogens with zero attached hydrogens (tertiary/aromatic N) is 2. The molecule has 0 aliphatic carbocycles. The minimum Gasteiger partial charge on any atom is -0.537 e. The van der Waals surface area contributed by atoms with Gasteiger partial charge in [0.05, 0.1) is 21.6 Å². The second-order valence-corrected chi connectivity index (χ2v) is 7.88. The van der Waals surface area contributed by atoms with E-state index in [2.05, 4.69) is 9.44 Å². The Morgan fingerprint density at radius 3 is 1.24 bits per heavy atom. The maximum atomic E-state index is 11.1. The molecule has 132 valence electrons. The SMILES string of the molecule is O=C1[N-]S(=O)(=O)c2ccccc21.O=C1[N-]S(=O)(=O)c2ccccc21.[Au+3]. The van der Waals surface area contributed by atoms with E-state index in [4.69, 9.17) is 0 Å². The van der Waals surface area contributed by atoms with E-state index in [1.807, 2.05) is 0 Å². The molecule has 2 aliphatic heterocycles. The second-order valence-electron chi connectivity index (χ2n) is 4.74. The maximum absolute atomic E-state index is 11.1. The monoisotopic (exact) mass is 561 g/mol. The summed E-state index contributed by atoms with van der Waals surface area (Å²) < 4.78 is 50.3. The van der Waals surface area contributed by atoms with Crippen LogP contribution < -0.4 is 0 Å². The fraction of sp³-hybridized carbons (Fsp3) is 0. The van der Waals surface area contributed by atoms with Crippen LogP contribution in [0.4, 0.5) is 0 Å². The van der Waals surface area contributed by atoms with Crippen molar-refractivity contribution in [2.75, 3.05) is 0 Å². The minimum absolute atomic E-state index is 0. The van der Waals surface area contributed by atoms with Crippen LogP contribution in [0, 0.1) is 0 Å². The molecule has 8 nitrogen and oxygen atoms in total. The van der Waals surface area contributed by atoms with Crippen molar-refractivity contribution in [2.45, 2.75) is 9.79 Å². The van der Waals surface area contributed by atoms with Crippen LogP contribution in [0.2, 0.25) is 0 Å². The van der Waals surface area contributed by atoms with Crippen molar-refractivity contribution < 1.29 is 48.8 Å². The van der Waals surface area contributed by atoms with E-state index in [1.165, 1.54) is 24.3 Å². The van der Waals surface area contributed by atoms with Gasteiger partial charge in [-0.05, 0) is 12.1 Å². The van der Waals surface area contributed by atoms with Crippen molar-refractivity contribution >= 4 is 31.9 Å². The van der Waals surface area contributed by atoms with E-state index in [0.717, 1.165) is 0 Å². The maximum Gasteiger partial charge on any atom is 3.00 e. The largest absolute Gasteiger partial charge is 3.00 e. The summed E-state index contributed by atoms with van der Waals surface area (Å²) in [6, 6.07) is 12.0. The van der Waals surface area contributed by atoms with Gasteiger partial charge in [0.2, 0.25) is 0 Å². The molecular formula is C14H8AuN2O6S2+. The third-order valence-electron chi connectivity index (χ3n) is 3.20. The third kappa shape index (κ3) is 3.53. The Hall–Kier alpha value is -1.98. The van der Waals surface area contributed by atoms with Crippen molar-refractivity contribution in [2.24, 2.45) is 0 Å². The Morgan fingerprint density at radius 2 is 0.920 bits per heavy atom. The summed E-state index contributed by atoms with van der Waals surface area (Å²) >= 11 is 0. The molecule has 2 amide bonds. The Labute approximate surface area is 159 Å². The molecular weight excluding hydrogens is 553 g/mol. The van der Waals surface area contributed by atoms with Crippen LogP contribution in [0.15, 0.2) is 58.3 Å². The summed E-state index contributed by atoms with van der Waals surface area (Å²) in [5.41, 5.74) is 0.329. The molecule has 0 unspecified atom stereocenters. The zero-order valence-electron chi connectivity index (χ0n) is 12.1. The number of carbonyl (C=O) groups excluding carboxylic acids is 2. The molecule has 25 heavy (non-hydrogen) atoms. The molecule has 0 saturated carbocycles. The number of hydrogen-bond acceptors (Lipinski definition) is 6. The quantitative estimate of drug-likeness (QED) is 0.451. The van der Waals surface area contributed by atoms with Crippen LogP contribution in [-0.4, -0.2) is 28.6 Å². The summed E-state index contributed by atoms with van der Waals surface area (Å²) in [5.74, 6) is -1.35. The molecule has 0 fully saturated rings. The van der Waals surface area contributed by atoms with Gasteiger partial charge in [-0.15, -0.1) is 0 Å². The number of benzene rings is 2. The van der Waals surface area contributed by atoms with E-state index in [-0.39, 0.29) is 43.3 Å². The molecule has 2 aromatic carbocycles. The molecule has 0 aromatic heterocycles. The Kier molecular flexibility index (Phi) is 5.21. The predicted molar refractivity (Wildman–Crippen MR) is 82.6 cm³/mol. The summed E-state index contributed by atoms with van der Waals surface area (Å²) in [7, 11) is -7.36. The first kappa shape index (κ1) is 19.3. The van der Waals surface area contributed by atoms with Crippen LogP contribution >= 0.6 is 0 Å². The van der Waals surface area contributed by atoms with Crippen LogP contribution in [-0.2, 0) is 42.4 Å². The van der Waals surface area contributed by atoms with Gasteiger partial charge in [0.1, 0.15) is 20.0 Å². The van der Waals surface area contributed by atoms with Gasteiger partial charge in [-0.2, -0.15) is 0 Å². The van der Waals surface area contributed by atoms with Crippen LogP contribution in [0.25, 0.3) is 9.44 Å². The molecule has 0 N–H and O–H groups in total. The first-order chi connectivity index (χ1) is 11.2. The molecule has 0 saturated heterocycles. The zero-order valence-corrected chi connectivity index (χ0v) is 15.9. The molecule has 0 radical (unpaired) electrons. The van der Waals surface area contributed by atoms with Crippen LogP contribution in [0.1, 0.15) is 20.7 Å². The van der Waals surface area contributed by atoms with Crippen molar-refractivity contribution in [3.8, 4) is 0 Å². The summed E-state index contributed by atoms with van der Waals surface area (Å²) in [6.45, 7) is 0. The second kappa shape index (κ2) is 6.73. The summed E-state index contributed by atoms with van der Waals surface area (Å²) in [4.78, 5) is 21.9. The number of sulfonamides is 2. The van der Waals surface area contributed by atoms with Gasteiger partial charge in [0.15, 0.2) is 0 Å². The van der Waals surface area contributed by atoms with Crippen LogP contribution in [0.3, 0.4) is 0 Å². The molecule has 0 atom stereocenters. The number of carbonyl (C=O) groups is 2. The molecule has 2 aromatic rings. The average molecular weight is 561 g/mol. The predicted octanol–water partition coefficient (Wildman–Crippen LogP) is 1.80. The van der Waals surface area contributed by atoms with E-state index < -0.39 is 31.9 Å². The smallest absolute Gasteiger partial charge is 0.537 e. The fourth-order valence-electron chi connectivity index (χ4n) is 2.15. The van der Waals surface area contributed by atoms with Gasteiger partial charge in [-0.1, -0.05) is 36.4 Å². The topological polar surface area (TPSA) is 131 Å². The van der Waals surface area contributed by atoms with Gasteiger partial charge in [0, 0.05) is 11.1 Å². The fourth-order valence-corrected chi connectivity index (χ4v) is 4.35. The molecule has 11 heteroatoms. The normalized spacial score (nSPS) is 17.8. The van der Waals surface area contributed by atoms with E-state index in [0.29, 0.717) is 0 Å². The first-order valence-electron chi connectivity index (χ1n) is 6.45. The minimum atomic E-state index is -3.68. The van der Waals surface area contributed by atoms with E-state index in [9.17, 15) is 26.4 Å². The summed E-state index contributed by atoms with van der Waals surface area (Å²) in [5, 5.41) is 0. The number of rotatable bonds is 0. The number of hydrogen-bond donors (Lipinski definition) is 0. The number of fused-ring (bicyclic) bond motifs is 2. The third-order valence-corrected chi connectivity index (χ3v) is 5.83. The van der Waals surface area contributed by atoms with E-state index >= 15 is 0 Å². The molecule has 0 bridgehead atoms.